The van der Waals surface area contributed by atoms with Gasteiger partial charge >= 0.3 is 5.97 Å². The van der Waals surface area contributed by atoms with E-state index < -0.39 is 17.4 Å². The maximum Gasteiger partial charge on any atom is 0.338 e. The lowest BCUT2D eigenvalue weighted by Crippen LogP contribution is -2.40. The van der Waals surface area contributed by atoms with Crippen molar-refractivity contribution in [2.75, 3.05) is 6.61 Å². The van der Waals surface area contributed by atoms with Crippen LogP contribution in [0.5, 0.6) is 0 Å². The van der Waals surface area contributed by atoms with Gasteiger partial charge in [-0.15, -0.1) is 11.3 Å². The number of thiazole rings is 1. The highest BCUT2D eigenvalue weighted by molar-refractivity contribution is 7.07. The van der Waals surface area contributed by atoms with E-state index in [0.29, 0.717) is 32.2 Å². The molecule has 31 heavy (non-hydrogen) atoms. The molecule has 0 amide bonds. The predicted octanol–water partition coefficient (Wildman–Crippen LogP) is 1.70. The standard InChI is InChI=1S/C22H19N3O5S/c1-4-28-22(27)18-17(15-8-6-12(3)30-15)14(10-23)19(24)25-20(26)16(31-21(18)25)9-13-7-5-11(2)29-13/h5-9,17H,4,24H2,1-3H3/t17-/m1/s1. The van der Waals surface area contributed by atoms with Crippen LogP contribution in [0.4, 0.5) is 0 Å². The number of fused-ring (bicyclic) bond motifs is 1. The number of furan rings is 2. The minimum absolute atomic E-state index is 0.0406. The molecule has 0 saturated carbocycles. The molecule has 0 aliphatic carbocycles. The summed E-state index contributed by atoms with van der Waals surface area (Å²) in [7, 11) is 0. The minimum Gasteiger partial charge on any atom is -0.465 e. The lowest BCUT2D eigenvalue weighted by atomic mass is 9.88. The highest BCUT2D eigenvalue weighted by atomic mass is 32.1. The first-order chi connectivity index (χ1) is 14.8. The number of ether oxygens (including phenoxy) is 1. The van der Waals surface area contributed by atoms with E-state index in [1.807, 2.05) is 0 Å². The van der Waals surface area contributed by atoms with Gasteiger partial charge in [-0.1, -0.05) is 0 Å². The van der Waals surface area contributed by atoms with Crippen LogP contribution in [-0.2, 0) is 9.53 Å². The van der Waals surface area contributed by atoms with Crippen molar-refractivity contribution in [3.8, 4) is 6.07 Å². The summed E-state index contributed by atoms with van der Waals surface area (Å²) >= 11 is 1.08. The van der Waals surface area contributed by atoms with E-state index in [4.69, 9.17) is 19.3 Å². The predicted molar refractivity (Wildman–Crippen MR) is 114 cm³/mol. The minimum atomic E-state index is -0.880. The average molecular weight is 437 g/mol. The van der Waals surface area contributed by atoms with Gasteiger partial charge in [0.05, 0.1) is 34.3 Å². The Morgan fingerprint density at radius 3 is 2.58 bits per heavy atom. The van der Waals surface area contributed by atoms with Crippen LogP contribution in [-0.4, -0.2) is 17.1 Å². The number of aryl methyl sites for hydroxylation is 2. The molecule has 4 heterocycles. The van der Waals surface area contributed by atoms with Crippen molar-refractivity contribution < 1.29 is 18.4 Å². The molecule has 158 valence electrons. The van der Waals surface area contributed by atoms with Crippen molar-refractivity contribution >= 4 is 34.8 Å². The van der Waals surface area contributed by atoms with Crippen LogP contribution in [0.2, 0.25) is 0 Å². The van der Waals surface area contributed by atoms with Gasteiger partial charge in [0.15, 0.2) is 0 Å². The number of nitriles is 1. The summed E-state index contributed by atoms with van der Waals surface area (Å²) in [4.78, 5) is 26.1. The number of rotatable bonds is 4. The number of hydrogen-bond donors (Lipinski definition) is 1. The molecule has 0 unspecified atom stereocenters. The van der Waals surface area contributed by atoms with Crippen molar-refractivity contribution in [1.29, 1.82) is 5.26 Å². The zero-order chi connectivity index (χ0) is 22.3. The normalized spacial score (nSPS) is 16.4. The van der Waals surface area contributed by atoms with Crippen LogP contribution in [0.25, 0.3) is 17.5 Å². The first kappa shape index (κ1) is 20.5. The van der Waals surface area contributed by atoms with Crippen LogP contribution < -0.4 is 20.5 Å². The summed E-state index contributed by atoms with van der Waals surface area (Å²) < 4.78 is 18.3. The van der Waals surface area contributed by atoms with E-state index in [2.05, 4.69) is 6.07 Å². The Labute approximate surface area is 180 Å². The molecule has 3 aromatic rings. The van der Waals surface area contributed by atoms with Crippen molar-refractivity contribution in [2.24, 2.45) is 5.73 Å². The maximum absolute atomic E-state index is 13.2. The second kappa shape index (κ2) is 7.81. The molecule has 1 aliphatic rings. The third kappa shape index (κ3) is 3.41. The summed E-state index contributed by atoms with van der Waals surface area (Å²) in [6, 6.07) is 8.99. The number of allylic oxidation sites excluding steroid dienone is 1. The van der Waals surface area contributed by atoms with Crippen LogP contribution in [0, 0.1) is 25.2 Å². The van der Waals surface area contributed by atoms with Gasteiger partial charge in [-0.05, 0) is 45.0 Å². The highest BCUT2D eigenvalue weighted by Gasteiger charge is 2.38. The molecule has 3 aromatic heterocycles. The van der Waals surface area contributed by atoms with Gasteiger partial charge in [-0.2, -0.15) is 5.26 Å². The molecule has 0 spiro atoms. The number of carbonyl (C=O) groups excluding carboxylic acids is 1. The van der Waals surface area contributed by atoms with E-state index >= 15 is 0 Å². The van der Waals surface area contributed by atoms with Gasteiger partial charge in [0.2, 0.25) is 0 Å². The number of esters is 1. The van der Waals surface area contributed by atoms with Gasteiger partial charge < -0.3 is 19.3 Å². The molecule has 0 radical (unpaired) electrons. The average Bonchev–Trinajstić information content (AvgIpc) is 3.42. The molecule has 4 rings (SSSR count). The number of aromatic nitrogens is 1. The lowest BCUT2D eigenvalue weighted by Gasteiger charge is -2.22. The molecule has 0 fully saturated rings. The SMILES string of the molecule is CCOC(=O)C1=c2sc(=Cc3ccc(C)o3)c(=O)n2C(N)=C(C#N)[C@@H]1c1ccc(C)o1. The first-order valence-electron chi connectivity index (χ1n) is 9.53. The number of nitrogens with two attached hydrogens (primary N) is 1. The summed E-state index contributed by atoms with van der Waals surface area (Å²) in [6.45, 7) is 5.37. The molecule has 0 bridgehead atoms. The lowest BCUT2D eigenvalue weighted by molar-refractivity contribution is -0.136. The van der Waals surface area contributed by atoms with E-state index in [-0.39, 0.29) is 23.6 Å². The van der Waals surface area contributed by atoms with E-state index in [0.717, 1.165) is 11.3 Å². The number of hydrogen-bond acceptors (Lipinski definition) is 8. The van der Waals surface area contributed by atoms with Crippen molar-refractivity contribution in [2.45, 2.75) is 26.7 Å². The van der Waals surface area contributed by atoms with Gasteiger partial charge in [-0.3, -0.25) is 9.36 Å². The second-order valence-corrected chi connectivity index (χ2v) is 7.96. The molecule has 0 aromatic carbocycles. The fourth-order valence-corrected chi connectivity index (χ4v) is 4.65. The Morgan fingerprint density at radius 2 is 2.00 bits per heavy atom. The Morgan fingerprint density at radius 1 is 1.29 bits per heavy atom. The molecular formula is C22H19N3O5S. The highest BCUT2D eigenvalue weighted by Crippen LogP contribution is 2.37. The third-order valence-corrected chi connectivity index (χ3v) is 5.95. The second-order valence-electron chi connectivity index (χ2n) is 6.93. The van der Waals surface area contributed by atoms with Crippen molar-refractivity contribution in [1.82, 2.24) is 4.57 Å². The maximum atomic E-state index is 13.2. The summed E-state index contributed by atoms with van der Waals surface area (Å²) in [6.07, 6.45) is 1.58. The van der Waals surface area contributed by atoms with Crippen molar-refractivity contribution in [3.05, 3.63) is 72.4 Å². The van der Waals surface area contributed by atoms with E-state index in [1.54, 1.807) is 51.1 Å². The fraction of sp³-hybridized carbons (Fsp3) is 0.227. The Hall–Kier alpha value is -3.77. The van der Waals surface area contributed by atoms with Gasteiger partial charge in [0.25, 0.3) is 5.56 Å². The first-order valence-corrected chi connectivity index (χ1v) is 10.3. The Balaban J connectivity index is 2.10. The van der Waals surface area contributed by atoms with Crippen LogP contribution in [0.3, 0.4) is 0 Å². The topological polar surface area (TPSA) is 124 Å². The monoisotopic (exact) mass is 437 g/mol. The smallest absolute Gasteiger partial charge is 0.338 e. The zero-order valence-electron chi connectivity index (χ0n) is 17.1. The summed E-state index contributed by atoms with van der Waals surface area (Å²) in [5, 5.41) is 9.86. The zero-order valence-corrected chi connectivity index (χ0v) is 17.9. The summed E-state index contributed by atoms with van der Waals surface area (Å²) in [5.74, 6) is 0.622. The van der Waals surface area contributed by atoms with Gasteiger partial charge in [0, 0.05) is 6.08 Å². The van der Waals surface area contributed by atoms with Gasteiger partial charge in [-0.25, -0.2) is 4.79 Å². The quantitative estimate of drug-likeness (QED) is 0.616. The molecule has 0 saturated heterocycles. The third-order valence-electron chi connectivity index (χ3n) is 4.84. The van der Waals surface area contributed by atoms with Crippen LogP contribution in [0.1, 0.15) is 35.9 Å². The molecule has 1 aliphatic heterocycles. The largest absolute Gasteiger partial charge is 0.465 e. The molecule has 1 atom stereocenters. The van der Waals surface area contributed by atoms with Crippen LogP contribution >= 0.6 is 11.3 Å². The van der Waals surface area contributed by atoms with Gasteiger partial charge in [0.1, 0.15) is 33.5 Å². The van der Waals surface area contributed by atoms with Crippen LogP contribution in [0.15, 0.2) is 43.5 Å². The van der Waals surface area contributed by atoms with E-state index in [9.17, 15) is 14.9 Å². The molecular weight excluding hydrogens is 418 g/mol. The van der Waals surface area contributed by atoms with Crippen molar-refractivity contribution in [3.63, 3.8) is 0 Å². The number of carbonyl (C=O) groups is 1. The van der Waals surface area contributed by atoms with E-state index in [1.165, 1.54) is 4.57 Å². The molecule has 8 nitrogen and oxygen atoms in total. The summed E-state index contributed by atoms with van der Waals surface area (Å²) in [5.41, 5.74) is 6.00. The fourth-order valence-electron chi connectivity index (χ4n) is 3.51. The number of nitrogens with zero attached hydrogens (tertiary/aromatic N) is 2. The Bertz CT molecular complexity index is 1440. The molecule has 2 N–H and O–H groups in total. The molecule has 9 heteroatoms. The Kier molecular flexibility index (Phi) is 5.17.